The summed E-state index contributed by atoms with van der Waals surface area (Å²) in [6.07, 6.45) is 1.03. The lowest BCUT2D eigenvalue weighted by atomic mass is 10.0. The van der Waals surface area contributed by atoms with Crippen molar-refractivity contribution in [2.45, 2.75) is 26.4 Å². The maximum Gasteiger partial charge on any atom is 0.264 e. The van der Waals surface area contributed by atoms with E-state index in [2.05, 4.69) is 16.7 Å². The third kappa shape index (κ3) is 5.18. The van der Waals surface area contributed by atoms with Gasteiger partial charge in [-0.05, 0) is 41.8 Å². The molecule has 150 valence electrons. The van der Waals surface area contributed by atoms with Gasteiger partial charge in [-0.3, -0.25) is 4.79 Å². The van der Waals surface area contributed by atoms with Gasteiger partial charge in [0.1, 0.15) is 10.8 Å². The van der Waals surface area contributed by atoms with Gasteiger partial charge in [0.05, 0.1) is 5.02 Å². The van der Waals surface area contributed by atoms with Gasteiger partial charge in [0.2, 0.25) is 0 Å². The molecule has 2 aromatic carbocycles. The zero-order chi connectivity index (χ0) is 21.0. The average Bonchev–Trinajstić information content (AvgIpc) is 3.17. The van der Waals surface area contributed by atoms with Crippen LogP contribution in [0.15, 0.2) is 53.1 Å². The normalized spacial score (nSPS) is 10.8. The molecule has 0 aliphatic carbocycles. The summed E-state index contributed by atoms with van der Waals surface area (Å²) in [5, 5.41) is 4.87. The first-order valence-corrected chi connectivity index (χ1v) is 9.91. The van der Waals surface area contributed by atoms with Crippen LogP contribution < -0.4 is 4.74 Å². The van der Waals surface area contributed by atoms with Crippen molar-refractivity contribution in [2.75, 3.05) is 0 Å². The second-order valence-corrected chi connectivity index (χ2v) is 7.41. The summed E-state index contributed by atoms with van der Waals surface area (Å²) in [5.74, 6) is 0.886. The SMILES string of the molecule is C=C(CC)C(=O)c1ccc(OCc2nc(Cc3ccc(Cl)cc3)no2)c(Cl)c1Cl. The van der Waals surface area contributed by atoms with Crippen molar-refractivity contribution in [2.24, 2.45) is 0 Å². The Kier molecular flexibility index (Phi) is 6.96. The second kappa shape index (κ2) is 9.44. The molecule has 0 radical (unpaired) electrons. The molecule has 0 saturated carbocycles. The van der Waals surface area contributed by atoms with Gasteiger partial charge in [0.25, 0.3) is 5.89 Å². The molecule has 0 aliphatic rings. The lowest BCUT2D eigenvalue weighted by Gasteiger charge is -2.11. The molecular formula is C21H17Cl3N2O3. The van der Waals surface area contributed by atoms with Crippen molar-refractivity contribution in [3.8, 4) is 5.75 Å². The predicted molar refractivity (Wildman–Crippen MR) is 113 cm³/mol. The first-order valence-electron chi connectivity index (χ1n) is 8.78. The van der Waals surface area contributed by atoms with Gasteiger partial charge in [-0.25, -0.2) is 0 Å². The number of hydrogen-bond acceptors (Lipinski definition) is 5. The van der Waals surface area contributed by atoms with E-state index in [1.165, 1.54) is 0 Å². The number of hydrogen-bond donors (Lipinski definition) is 0. The average molecular weight is 452 g/mol. The van der Waals surface area contributed by atoms with Crippen LogP contribution in [0, 0.1) is 0 Å². The largest absolute Gasteiger partial charge is 0.482 e. The molecule has 5 nitrogen and oxygen atoms in total. The van der Waals surface area contributed by atoms with E-state index in [0.29, 0.717) is 46.5 Å². The highest BCUT2D eigenvalue weighted by Gasteiger charge is 2.18. The molecule has 1 aromatic heterocycles. The zero-order valence-electron chi connectivity index (χ0n) is 15.5. The summed E-state index contributed by atoms with van der Waals surface area (Å²) >= 11 is 18.4. The first-order chi connectivity index (χ1) is 13.9. The number of aromatic nitrogens is 2. The zero-order valence-corrected chi connectivity index (χ0v) is 17.8. The summed E-state index contributed by atoms with van der Waals surface area (Å²) in [4.78, 5) is 16.6. The minimum Gasteiger partial charge on any atom is -0.482 e. The van der Waals surface area contributed by atoms with E-state index in [4.69, 9.17) is 44.1 Å². The van der Waals surface area contributed by atoms with Crippen molar-refractivity contribution >= 4 is 40.6 Å². The Hall–Kier alpha value is -2.34. The second-order valence-electron chi connectivity index (χ2n) is 6.22. The van der Waals surface area contributed by atoms with E-state index < -0.39 is 0 Å². The number of ketones is 1. The van der Waals surface area contributed by atoms with Crippen LogP contribution in [0.3, 0.4) is 0 Å². The number of nitrogens with zero attached hydrogens (tertiary/aromatic N) is 2. The lowest BCUT2D eigenvalue weighted by molar-refractivity contribution is 0.103. The molecule has 0 bridgehead atoms. The molecule has 3 rings (SSSR count). The Bertz CT molecular complexity index is 1050. The van der Waals surface area contributed by atoms with E-state index in [0.717, 1.165) is 5.56 Å². The van der Waals surface area contributed by atoms with E-state index in [1.807, 2.05) is 19.1 Å². The van der Waals surface area contributed by atoms with Gasteiger partial charge < -0.3 is 9.26 Å². The molecular weight excluding hydrogens is 435 g/mol. The molecule has 0 N–H and O–H groups in total. The number of rotatable bonds is 8. The Morgan fingerprint density at radius 3 is 2.52 bits per heavy atom. The topological polar surface area (TPSA) is 65.2 Å². The fraction of sp³-hybridized carbons (Fsp3) is 0.190. The highest BCUT2D eigenvalue weighted by Crippen LogP contribution is 2.36. The smallest absolute Gasteiger partial charge is 0.264 e. The fourth-order valence-electron chi connectivity index (χ4n) is 2.51. The number of Topliss-reactive ketones (excluding diaryl/α,β-unsaturated/α-hetero) is 1. The van der Waals surface area contributed by atoms with Crippen molar-refractivity contribution in [1.29, 1.82) is 0 Å². The minimum atomic E-state index is -0.241. The van der Waals surface area contributed by atoms with Crippen LogP contribution in [0.4, 0.5) is 0 Å². The van der Waals surface area contributed by atoms with Gasteiger partial charge in [-0.2, -0.15) is 4.98 Å². The minimum absolute atomic E-state index is 0.0125. The molecule has 0 unspecified atom stereocenters. The van der Waals surface area contributed by atoms with E-state index >= 15 is 0 Å². The van der Waals surface area contributed by atoms with Crippen LogP contribution in [0.25, 0.3) is 0 Å². The third-order valence-corrected chi connectivity index (χ3v) is 5.29. The molecule has 0 spiro atoms. The summed E-state index contributed by atoms with van der Waals surface area (Å²) in [6.45, 7) is 5.60. The Morgan fingerprint density at radius 2 is 1.83 bits per heavy atom. The summed E-state index contributed by atoms with van der Waals surface area (Å²) in [6, 6.07) is 10.5. The number of benzene rings is 2. The van der Waals surface area contributed by atoms with Crippen LogP contribution in [0.5, 0.6) is 5.75 Å². The molecule has 8 heteroatoms. The number of halogens is 3. The molecule has 0 saturated heterocycles. The van der Waals surface area contributed by atoms with Crippen molar-refractivity contribution < 1.29 is 14.1 Å². The van der Waals surface area contributed by atoms with Gasteiger partial charge in [0.15, 0.2) is 18.2 Å². The number of carbonyl (C=O) groups excluding carboxylic acids is 1. The third-order valence-electron chi connectivity index (χ3n) is 4.18. The maximum absolute atomic E-state index is 12.3. The highest BCUT2D eigenvalue weighted by atomic mass is 35.5. The van der Waals surface area contributed by atoms with E-state index in [9.17, 15) is 4.79 Å². The van der Waals surface area contributed by atoms with Crippen LogP contribution in [-0.4, -0.2) is 15.9 Å². The quantitative estimate of drug-likeness (QED) is 0.295. The molecule has 0 amide bonds. The van der Waals surface area contributed by atoms with Crippen molar-refractivity contribution in [3.05, 3.63) is 86.5 Å². The Balaban J connectivity index is 1.66. The molecule has 1 heterocycles. The first kappa shape index (κ1) is 21.4. The van der Waals surface area contributed by atoms with Gasteiger partial charge >= 0.3 is 0 Å². The molecule has 3 aromatic rings. The van der Waals surface area contributed by atoms with Crippen LogP contribution in [0.1, 0.15) is 41.0 Å². The van der Waals surface area contributed by atoms with Gasteiger partial charge in [-0.15, -0.1) is 0 Å². The highest BCUT2D eigenvalue weighted by molar-refractivity contribution is 6.45. The number of ether oxygens (including phenoxy) is 1. The van der Waals surface area contributed by atoms with Gasteiger partial charge in [0, 0.05) is 17.0 Å². The van der Waals surface area contributed by atoms with Gasteiger partial charge in [-0.1, -0.05) is 65.6 Å². The molecule has 0 fully saturated rings. The van der Waals surface area contributed by atoms with Crippen LogP contribution in [0.2, 0.25) is 15.1 Å². The van der Waals surface area contributed by atoms with Crippen LogP contribution in [-0.2, 0) is 13.0 Å². The predicted octanol–water partition coefficient (Wildman–Crippen LogP) is 6.35. The monoisotopic (exact) mass is 450 g/mol. The van der Waals surface area contributed by atoms with Crippen molar-refractivity contribution in [3.63, 3.8) is 0 Å². The van der Waals surface area contributed by atoms with Crippen LogP contribution >= 0.6 is 34.8 Å². The summed E-state index contributed by atoms with van der Waals surface area (Å²) < 4.78 is 10.8. The number of allylic oxidation sites excluding steroid dienone is 1. The fourth-order valence-corrected chi connectivity index (χ4v) is 3.10. The van der Waals surface area contributed by atoms with E-state index in [-0.39, 0.29) is 22.4 Å². The lowest BCUT2D eigenvalue weighted by Crippen LogP contribution is -2.04. The summed E-state index contributed by atoms with van der Waals surface area (Å²) in [5.41, 5.74) is 1.75. The molecule has 0 atom stereocenters. The van der Waals surface area contributed by atoms with Crippen molar-refractivity contribution in [1.82, 2.24) is 10.1 Å². The standard InChI is InChI=1S/C21H17Cl3N2O3/c1-3-12(2)21(27)15-8-9-16(20(24)19(15)23)28-11-18-25-17(26-29-18)10-13-4-6-14(22)7-5-13/h4-9H,2-3,10-11H2,1H3. The Morgan fingerprint density at radius 1 is 1.10 bits per heavy atom. The van der Waals surface area contributed by atoms with E-state index in [1.54, 1.807) is 24.3 Å². The molecule has 29 heavy (non-hydrogen) atoms. The number of carbonyl (C=O) groups is 1. The summed E-state index contributed by atoms with van der Waals surface area (Å²) in [7, 11) is 0. The Labute approximate surface area is 183 Å². The maximum atomic E-state index is 12.3. The molecule has 0 aliphatic heterocycles.